The van der Waals surface area contributed by atoms with E-state index in [9.17, 15) is 4.39 Å². The Morgan fingerprint density at radius 1 is 1.14 bits per heavy atom. The van der Waals surface area contributed by atoms with Gasteiger partial charge in [-0.3, -0.25) is 4.57 Å². The lowest BCUT2D eigenvalue weighted by atomic mass is 10.1. The molecule has 2 aromatic heterocycles. The van der Waals surface area contributed by atoms with Gasteiger partial charge < -0.3 is 10.6 Å². The highest BCUT2D eigenvalue weighted by atomic mass is 127. The minimum absolute atomic E-state index is 0. The third kappa shape index (κ3) is 6.59. The Balaban J connectivity index is 0.00000280. The monoisotopic (exact) mass is 494 g/mol. The molecule has 0 saturated carbocycles. The first-order valence-electron chi connectivity index (χ1n) is 8.94. The predicted octanol–water partition coefficient (Wildman–Crippen LogP) is 3.32. The topological polar surface area (TPSA) is 67.1 Å². The molecule has 0 radical (unpaired) electrons. The van der Waals surface area contributed by atoms with Crippen molar-refractivity contribution >= 4 is 29.9 Å². The molecule has 0 saturated heterocycles. The van der Waals surface area contributed by atoms with Crippen molar-refractivity contribution in [2.45, 2.75) is 19.9 Å². The van der Waals surface area contributed by atoms with Crippen molar-refractivity contribution in [3.8, 4) is 5.82 Å². The van der Waals surface area contributed by atoms with Crippen LogP contribution >= 0.6 is 24.0 Å². The second-order valence-electron chi connectivity index (χ2n) is 5.99. The lowest BCUT2D eigenvalue weighted by molar-refractivity contribution is 0.625. The van der Waals surface area contributed by atoms with Gasteiger partial charge in [0.05, 0.1) is 6.54 Å². The van der Waals surface area contributed by atoms with Gasteiger partial charge in [-0.25, -0.2) is 19.4 Å². The number of guanidine groups is 1. The number of imidazole rings is 1. The number of benzene rings is 1. The van der Waals surface area contributed by atoms with Gasteiger partial charge in [-0.15, -0.1) is 24.0 Å². The maximum Gasteiger partial charge on any atom is 0.191 e. The van der Waals surface area contributed by atoms with E-state index in [1.807, 2.05) is 35.9 Å². The van der Waals surface area contributed by atoms with Crippen molar-refractivity contribution in [2.24, 2.45) is 4.99 Å². The molecule has 0 aliphatic heterocycles. The Kier molecular flexibility index (Phi) is 8.86. The van der Waals surface area contributed by atoms with Gasteiger partial charge in [-0.2, -0.15) is 0 Å². The van der Waals surface area contributed by atoms with Gasteiger partial charge >= 0.3 is 0 Å². The average Bonchev–Trinajstić information content (AvgIpc) is 3.21. The first-order valence-corrected chi connectivity index (χ1v) is 8.94. The van der Waals surface area contributed by atoms with Crippen LogP contribution in [0.3, 0.4) is 0 Å². The lowest BCUT2D eigenvalue weighted by Gasteiger charge is -2.11. The molecule has 0 unspecified atom stereocenters. The van der Waals surface area contributed by atoms with Gasteiger partial charge in [0.1, 0.15) is 18.0 Å². The molecule has 0 bridgehead atoms. The van der Waals surface area contributed by atoms with E-state index >= 15 is 0 Å². The number of nitrogens with zero attached hydrogens (tertiary/aromatic N) is 4. The van der Waals surface area contributed by atoms with Crippen molar-refractivity contribution in [3.05, 3.63) is 78.3 Å². The van der Waals surface area contributed by atoms with E-state index in [0.29, 0.717) is 13.1 Å². The van der Waals surface area contributed by atoms with E-state index in [0.717, 1.165) is 35.9 Å². The number of aromatic nitrogens is 3. The molecule has 148 valence electrons. The molecule has 0 spiro atoms. The highest BCUT2D eigenvalue weighted by Gasteiger charge is 2.02. The van der Waals surface area contributed by atoms with E-state index in [1.165, 1.54) is 6.07 Å². The van der Waals surface area contributed by atoms with Crippen LogP contribution in [0.25, 0.3) is 5.82 Å². The standard InChI is InChI=1S/C20H23FN6.HI/c1-2-23-20(25-9-6-16-4-3-5-18(21)12-16)26-14-17-7-8-24-19(13-17)27-11-10-22-15-27;/h3-5,7-8,10-13,15H,2,6,9,14H2,1H3,(H2,23,25,26);1H. The number of hydrogen-bond acceptors (Lipinski definition) is 3. The minimum Gasteiger partial charge on any atom is -0.357 e. The van der Waals surface area contributed by atoms with Crippen LogP contribution in [0.1, 0.15) is 18.1 Å². The van der Waals surface area contributed by atoms with Crippen molar-refractivity contribution in [1.29, 1.82) is 0 Å². The van der Waals surface area contributed by atoms with Crippen molar-refractivity contribution in [3.63, 3.8) is 0 Å². The quantitative estimate of drug-likeness (QED) is 0.301. The molecular formula is C20H24FIN6. The smallest absolute Gasteiger partial charge is 0.191 e. The largest absolute Gasteiger partial charge is 0.357 e. The summed E-state index contributed by atoms with van der Waals surface area (Å²) in [5.74, 6) is 1.33. The van der Waals surface area contributed by atoms with E-state index < -0.39 is 0 Å². The fraction of sp³-hybridized carbons (Fsp3) is 0.250. The molecule has 0 fully saturated rings. The molecule has 6 nitrogen and oxygen atoms in total. The SMILES string of the molecule is CCNC(=NCc1ccnc(-n2ccnc2)c1)NCCc1cccc(F)c1.I. The molecule has 0 amide bonds. The molecule has 28 heavy (non-hydrogen) atoms. The third-order valence-electron chi connectivity index (χ3n) is 3.94. The van der Waals surface area contributed by atoms with Gasteiger partial charge in [0.25, 0.3) is 0 Å². The maximum absolute atomic E-state index is 13.2. The number of halogens is 2. The van der Waals surface area contributed by atoms with Gasteiger partial charge in [-0.05, 0) is 48.7 Å². The van der Waals surface area contributed by atoms with Crippen molar-refractivity contribution in [2.75, 3.05) is 13.1 Å². The van der Waals surface area contributed by atoms with Crippen LogP contribution in [0, 0.1) is 5.82 Å². The van der Waals surface area contributed by atoms with Crippen LogP contribution in [-0.2, 0) is 13.0 Å². The summed E-state index contributed by atoms with van der Waals surface area (Å²) < 4.78 is 15.1. The van der Waals surface area contributed by atoms with Gasteiger partial charge in [0, 0.05) is 31.7 Å². The van der Waals surface area contributed by atoms with Crippen LogP contribution in [0.2, 0.25) is 0 Å². The van der Waals surface area contributed by atoms with E-state index in [-0.39, 0.29) is 29.8 Å². The number of rotatable bonds is 7. The Hall–Kier alpha value is -2.49. The molecule has 1 aromatic carbocycles. The average molecular weight is 494 g/mol. The summed E-state index contributed by atoms with van der Waals surface area (Å²) in [6.45, 7) is 3.99. The molecule has 2 heterocycles. The molecule has 3 aromatic rings. The van der Waals surface area contributed by atoms with E-state index in [2.05, 4.69) is 25.6 Å². The van der Waals surface area contributed by atoms with E-state index in [1.54, 1.807) is 30.9 Å². The van der Waals surface area contributed by atoms with Crippen LogP contribution in [0.5, 0.6) is 0 Å². The van der Waals surface area contributed by atoms with Crippen LogP contribution in [0.15, 0.2) is 66.3 Å². The zero-order valence-corrected chi connectivity index (χ0v) is 18.0. The highest BCUT2D eigenvalue weighted by Crippen LogP contribution is 2.08. The van der Waals surface area contributed by atoms with Crippen molar-refractivity contribution in [1.82, 2.24) is 25.2 Å². The first kappa shape index (κ1) is 21.8. The number of nitrogens with one attached hydrogen (secondary N) is 2. The van der Waals surface area contributed by atoms with E-state index in [4.69, 9.17) is 0 Å². The summed E-state index contributed by atoms with van der Waals surface area (Å²) in [5, 5.41) is 6.51. The molecule has 0 atom stereocenters. The zero-order chi connectivity index (χ0) is 18.9. The van der Waals surface area contributed by atoms with Crippen LogP contribution in [0.4, 0.5) is 4.39 Å². The Morgan fingerprint density at radius 3 is 2.79 bits per heavy atom. The first-order chi connectivity index (χ1) is 13.2. The van der Waals surface area contributed by atoms with Crippen LogP contribution in [-0.4, -0.2) is 33.6 Å². The molecule has 3 rings (SSSR count). The zero-order valence-electron chi connectivity index (χ0n) is 15.7. The summed E-state index contributed by atoms with van der Waals surface area (Å²) in [4.78, 5) is 13.0. The number of aliphatic imine (C=N–C) groups is 1. The Morgan fingerprint density at radius 2 is 2.04 bits per heavy atom. The third-order valence-corrected chi connectivity index (χ3v) is 3.94. The highest BCUT2D eigenvalue weighted by molar-refractivity contribution is 14.0. The fourth-order valence-corrected chi connectivity index (χ4v) is 2.62. The summed E-state index contributed by atoms with van der Waals surface area (Å²) in [5.41, 5.74) is 2.01. The molecule has 8 heteroatoms. The molecule has 2 N–H and O–H groups in total. The molecule has 0 aliphatic carbocycles. The van der Waals surface area contributed by atoms with Gasteiger partial charge in [-0.1, -0.05) is 12.1 Å². The summed E-state index contributed by atoms with van der Waals surface area (Å²) >= 11 is 0. The molecule has 0 aliphatic rings. The molecular weight excluding hydrogens is 470 g/mol. The number of pyridine rings is 1. The Labute approximate surface area is 181 Å². The fourth-order valence-electron chi connectivity index (χ4n) is 2.62. The number of hydrogen-bond donors (Lipinski definition) is 2. The Bertz CT molecular complexity index is 882. The van der Waals surface area contributed by atoms with Gasteiger partial charge in [0.2, 0.25) is 0 Å². The summed E-state index contributed by atoms with van der Waals surface area (Å²) in [7, 11) is 0. The second kappa shape index (κ2) is 11.4. The second-order valence-corrected chi connectivity index (χ2v) is 5.99. The predicted molar refractivity (Wildman–Crippen MR) is 120 cm³/mol. The summed E-state index contributed by atoms with van der Waals surface area (Å²) in [6, 6.07) is 10.6. The van der Waals surface area contributed by atoms with Gasteiger partial charge in [0.15, 0.2) is 5.96 Å². The normalized spacial score (nSPS) is 11.0. The summed E-state index contributed by atoms with van der Waals surface area (Å²) in [6.07, 6.45) is 7.78. The maximum atomic E-state index is 13.2. The van der Waals surface area contributed by atoms with Crippen molar-refractivity contribution < 1.29 is 4.39 Å². The minimum atomic E-state index is -0.209. The van der Waals surface area contributed by atoms with Crippen LogP contribution < -0.4 is 10.6 Å². The lowest BCUT2D eigenvalue weighted by Crippen LogP contribution is -2.38.